The second-order valence-corrected chi connectivity index (χ2v) is 5.45. The highest BCUT2D eigenvalue weighted by atomic mass is 32.1. The van der Waals surface area contributed by atoms with Crippen LogP contribution in [0.4, 0.5) is 10.5 Å². The van der Waals surface area contributed by atoms with Crippen molar-refractivity contribution in [1.29, 1.82) is 0 Å². The van der Waals surface area contributed by atoms with Crippen LogP contribution in [0.1, 0.15) is 18.4 Å². The predicted molar refractivity (Wildman–Crippen MR) is 76.9 cm³/mol. The average molecular weight is 296 g/mol. The van der Waals surface area contributed by atoms with Gasteiger partial charge in [-0.25, -0.2) is 4.79 Å². The van der Waals surface area contributed by atoms with Crippen molar-refractivity contribution in [3.8, 4) is 0 Å². The zero-order valence-corrected chi connectivity index (χ0v) is 11.8. The van der Waals surface area contributed by atoms with Gasteiger partial charge in [0.2, 0.25) is 0 Å². The first kappa shape index (κ1) is 14.6. The van der Waals surface area contributed by atoms with Crippen LogP contribution in [0.25, 0.3) is 0 Å². The van der Waals surface area contributed by atoms with Gasteiger partial charge >= 0.3 is 6.09 Å². The maximum absolute atomic E-state index is 11.9. The minimum atomic E-state index is -0.462. The SMILES string of the molecule is O=C(OCc1ccc([N+](=O)[O-])cc1)N1CCCC(S)C1. The second-order valence-electron chi connectivity index (χ2n) is 4.72. The Hall–Kier alpha value is -1.76. The molecule has 2 rings (SSSR count). The molecule has 0 saturated carbocycles. The summed E-state index contributed by atoms with van der Waals surface area (Å²) in [5, 5.41) is 10.7. The number of benzene rings is 1. The molecule has 0 spiro atoms. The molecule has 1 aliphatic rings. The molecule has 1 aliphatic heterocycles. The molecule has 1 unspecified atom stereocenters. The summed E-state index contributed by atoms with van der Waals surface area (Å²) in [7, 11) is 0. The zero-order valence-electron chi connectivity index (χ0n) is 10.9. The molecule has 7 heteroatoms. The van der Waals surface area contributed by atoms with E-state index < -0.39 is 4.92 Å². The van der Waals surface area contributed by atoms with Gasteiger partial charge in [-0.3, -0.25) is 10.1 Å². The summed E-state index contributed by atoms with van der Waals surface area (Å²) in [4.78, 5) is 23.6. The molecule has 108 valence electrons. The van der Waals surface area contributed by atoms with Crippen LogP contribution in [0.5, 0.6) is 0 Å². The molecule has 20 heavy (non-hydrogen) atoms. The fourth-order valence-corrected chi connectivity index (χ4v) is 2.45. The number of carbonyl (C=O) groups is 1. The summed E-state index contributed by atoms with van der Waals surface area (Å²) in [6, 6.07) is 5.97. The minimum Gasteiger partial charge on any atom is -0.445 e. The van der Waals surface area contributed by atoms with Gasteiger partial charge in [-0.05, 0) is 30.5 Å². The van der Waals surface area contributed by atoms with E-state index in [1.165, 1.54) is 12.1 Å². The van der Waals surface area contributed by atoms with Crippen molar-refractivity contribution < 1.29 is 14.5 Å². The van der Waals surface area contributed by atoms with Crippen molar-refractivity contribution in [2.45, 2.75) is 24.7 Å². The summed E-state index contributed by atoms with van der Waals surface area (Å²) in [5.41, 5.74) is 0.748. The summed E-state index contributed by atoms with van der Waals surface area (Å²) in [5.74, 6) is 0. The van der Waals surface area contributed by atoms with Crippen molar-refractivity contribution in [3.63, 3.8) is 0 Å². The monoisotopic (exact) mass is 296 g/mol. The van der Waals surface area contributed by atoms with E-state index in [0.717, 1.165) is 18.4 Å². The first-order valence-electron chi connectivity index (χ1n) is 6.39. The third kappa shape index (κ3) is 3.86. The van der Waals surface area contributed by atoms with Crippen molar-refractivity contribution in [2.24, 2.45) is 0 Å². The lowest BCUT2D eigenvalue weighted by atomic mass is 10.1. The van der Waals surface area contributed by atoms with Crippen LogP contribution in [0.2, 0.25) is 0 Å². The number of rotatable bonds is 3. The van der Waals surface area contributed by atoms with Gasteiger partial charge in [0.05, 0.1) is 4.92 Å². The lowest BCUT2D eigenvalue weighted by molar-refractivity contribution is -0.384. The first-order chi connectivity index (χ1) is 9.56. The Labute approximate surface area is 122 Å². The smallest absolute Gasteiger partial charge is 0.410 e. The molecular weight excluding hydrogens is 280 g/mol. The number of amides is 1. The third-order valence-electron chi connectivity index (χ3n) is 3.16. The highest BCUT2D eigenvalue weighted by molar-refractivity contribution is 7.81. The van der Waals surface area contributed by atoms with Gasteiger partial charge in [-0.1, -0.05) is 0 Å². The van der Waals surface area contributed by atoms with E-state index in [1.54, 1.807) is 17.0 Å². The van der Waals surface area contributed by atoms with E-state index in [1.807, 2.05) is 0 Å². The molecule has 0 aliphatic carbocycles. The number of carbonyl (C=O) groups excluding carboxylic acids is 1. The van der Waals surface area contributed by atoms with E-state index >= 15 is 0 Å². The summed E-state index contributed by atoms with van der Waals surface area (Å²) < 4.78 is 5.20. The number of nitro groups is 1. The lowest BCUT2D eigenvalue weighted by Gasteiger charge is -2.29. The number of piperidine rings is 1. The van der Waals surface area contributed by atoms with Crippen molar-refractivity contribution >= 4 is 24.4 Å². The Balaban J connectivity index is 1.85. The number of likely N-dealkylation sites (tertiary alicyclic amines) is 1. The molecule has 1 saturated heterocycles. The topological polar surface area (TPSA) is 72.7 Å². The van der Waals surface area contributed by atoms with Crippen LogP contribution < -0.4 is 0 Å². The second kappa shape index (κ2) is 6.60. The third-order valence-corrected chi connectivity index (χ3v) is 3.59. The standard InChI is InChI=1S/C13H16N2O4S/c16-13(14-7-1-2-12(20)8-14)19-9-10-3-5-11(6-4-10)15(17)18/h3-6,12,20H,1-2,7-9H2. The lowest BCUT2D eigenvalue weighted by Crippen LogP contribution is -2.40. The molecule has 0 radical (unpaired) electrons. The van der Waals surface area contributed by atoms with Gasteiger partial charge < -0.3 is 9.64 Å². The highest BCUT2D eigenvalue weighted by Gasteiger charge is 2.22. The Bertz CT molecular complexity index is 492. The Morgan fingerprint density at radius 2 is 2.15 bits per heavy atom. The predicted octanol–water partition coefficient (Wildman–Crippen LogP) is 2.63. The summed E-state index contributed by atoms with van der Waals surface area (Å²) >= 11 is 4.37. The summed E-state index contributed by atoms with van der Waals surface area (Å²) in [6.07, 6.45) is 1.58. The molecule has 1 heterocycles. The van der Waals surface area contributed by atoms with Crippen LogP contribution in [0, 0.1) is 10.1 Å². The van der Waals surface area contributed by atoms with E-state index in [9.17, 15) is 14.9 Å². The van der Waals surface area contributed by atoms with Crippen LogP contribution >= 0.6 is 12.6 Å². The van der Waals surface area contributed by atoms with Crippen LogP contribution in [-0.2, 0) is 11.3 Å². The van der Waals surface area contributed by atoms with Gasteiger partial charge in [0.25, 0.3) is 5.69 Å². The molecule has 0 N–H and O–H groups in total. The molecule has 1 atom stereocenters. The van der Waals surface area contributed by atoms with Gasteiger partial charge in [-0.15, -0.1) is 0 Å². The molecule has 1 amide bonds. The normalized spacial score (nSPS) is 18.6. The molecule has 1 aromatic rings. The van der Waals surface area contributed by atoms with Gasteiger partial charge in [0, 0.05) is 30.5 Å². The molecule has 6 nitrogen and oxygen atoms in total. The van der Waals surface area contributed by atoms with Crippen LogP contribution in [0.3, 0.4) is 0 Å². The fourth-order valence-electron chi connectivity index (χ4n) is 2.07. The molecule has 0 bridgehead atoms. The number of thiol groups is 1. The van der Waals surface area contributed by atoms with E-state index in [4.69, 9.17) is 4.74 Å². The summed E-state index contributed by atoms with van der Waals surface area (Å²) in [6.45, 7) is 1.41. The van der Waals surface area contributed by atoms with Crippen LogP contribution in [-0.4, -0.2) is 34.3 Å². The van der Waals surface area contributed by atoms with Gasteiger partial charge in [0.1, 0.15) is 6.61 Å². The van der Waals surface area contributed by atoms with E-state index in [-0.39, 0.29) is 23.6 Å². The fraction of sp³-hybridized carbons (Fsp3) is 0.462. The Morgan fingerprint density at radius 3 is 2.75 bits per heavy atom. The number of nitrogens with zero attached hydrogens (tertiary/aromatic N) is 2. The van der Waals surface area contributed by atoms with E-state index in [0.29, 0.717) is 13.1 Å². The Kier molecular flexibility index (Phi) is 4.84. The quantitative estimate of drug-likeness (QED) is 0.528. The van der Waals surface area contributed by atoms with Crippen molar-refractivity contribution in [2.75, 3.05) is 13.1 Å². The molecule has 1 fully saturated rings. The molecule has 0 aromatic heterocycles. The Morgan fingerprint density at radius 1 is 1.45 bits per heavy atom. The molecule has 1 aromatic carbocycles. The number of hydrogen-bond donors (Lipinski definition) is 1. The largest absolute Gasteiger partial charge is 0.445 e. The van der Waals surface area contributed by atoms with Crippen molar-refractivity contribution in [3.05, 3.63) is 39.9 Å². The number of nitro benzene ring substituents is 1. The number of hydrogen-bond acceptors (Lipinski definition) is 5. The average Bonchev–Trinajstić information content (AvgIpc) is 2.45. The van der Waals surface area contributed by atoms with E-state index in [2.05, 4.69) is 12.6 Å². The number of non-ortho nitro benzene ring substituents is 1. The molecular formula is C13H16N2O4S. The maximum Gasteiger partial charge on any atom is 0.410 e. The van der Waals surface area contributed by atoms with Crippen molar-refractivity contribution in [1.82, 2.24) is 4.90 Å². The van der Waals surface area contributed by atoms with Gasteiger partial charge in [-0.2, -0.15) is 12.6 Å². The van der Waals surface area contributed by atoms with Gasteiger partial charge in [0.15, 0.2) is 0 Å². The van der Waals surface area contributed by atoms with Crippen LogP contribution in [0.15, 0.2) is 24.3 Å². The number of ether oxygens (including phenoxy) is 1. The zero-order chi connectivity index (χ0) is 14.5. The minimum absolute atomic E-state index is 0.0222. The first-order valence-corrected chi connectivity index (χ1v) is 6.91. The maximum atomic E-state index is 11.9. The highest BCUT2D eigenvalue weighted by Crippen LogP contribution is 2.17.